The number of rotatable bonds is 3. The highest BCUT2D eigenvalue weighted by Crippen LogP contribution is 2.39. The Labute approximate surface area is 137 Å². The first-order chi connectivity index (χ1) is 10.2. The van der Waals surface area contributed by atoms with Crippen LogP contribution in [-0.2, 0) is 0 Å². The largest absolute Gasteiger partial charge is 0.314 e. The standard InChI is InChI=1S/C15H15Cl2FN2S/c16-11-1-2-12(18)13(14(11)17)15(10-3-8-21-9-10)20-6-4-19-5-7-20/h1-3,8-9,15,19H,4-7H2/t15-/m0/s1. The molecule has 1 atom stereocenters. The van der Waals surface area contributed by atoms with Gasteiger partial charge in [0.1, 0.15) is 5.82 Å². The van der Waals surface area contributed by atoms with Crippen LogP contribution in [0.2, 0.25) is 10.0 Å². The van der Waals surface area contributed by atoms with E-state index in [0.717, 1.165) is 31.7 Å². The van der Waals surface area contributed by atoms with Crippen molar-refractivity contribution < 1.29 is 4.39 Å². The molecule has 0 amide bonds. The molecule has 1 aliphatic rings. The van der Waals surface area contributed by atoms with E-state index >= 15 is 0 Å². The van der Waals surface area contributed by atoms with Crippen LogP contribution in [0.4, 0.5) is 4.39 Å². The van der Waals surface area contributed by atoms with Crippen LogP contribution in [0.15, 0.2) is 29.0 Å². The van der Waals surface area contributed by atoms with Gasteiger partial charge >= 0.3 is 0 Å². The minimum Gasteiger partial charge on any atom is -0.314 e. The zero-order valence-electron chi connectivity index (χ0n) is 11.3. The SMILES string of the molecule is Fc1ccc(Cl)c(Cl)c1[C@H](c1ccsc1)N1CCNCC1. The van der Waals surface area contributed by atoms with Crippen molar-refractivity contribution in [1.82, 2.24) is 10.2 Å². The molecule has 2 nitrogen and oxygen atoms in total. The Hall–Kier alpha value is -0.650. The third kappa shape index (κ3) is 3.10. The number of halogens is 3. The maximum absolute atomic E-state index is 14.4. The molecule has 0 radical (unpaired) electrons. The van der Waals surface area contributed by atoms with Crippen molar-refractivity contribution in [2.75, 3.05) is 26.2 Å². The molecule has 1 aromatic carbocycles. The van der Waals surface area contributed by atoms with Gasteiger partial charge < -0.3 is 5.32 Å². The van der Waals surface area contributed by atoms with Gasteiger partial charge in [-0.15, -0.1) is 0 Å². The van der Waals surface area contributed by atoms with Crippen molar-refractivity contribution in [3.63, 3.8) is 0 Å². The van der Waals surface area contributed by atoms with Crippen molar-refractivity contribution in [1.29, 1.82) is 0 Å². The Morgan fingerprint density at radius 3 is 2.62 bits per heavy atom. The van der Waals surface area contributed by atoms with Crippen LogP contribution in [0.1, 0.15) is 17.2 Å². The van der Waals surface area contributed by atoms with Crippen LogP contribution in [0.5, 0.6) is 0 Å². The molecule has 0 unspecified atom stereocenters. The van der Waals surface area contributed by atoms with Crippen LogP contribution >= 0.6 is 34.5 Å². The fraction of sp³-hybridized carbons (Fsp3) is 0.333. The maximum atomic E-state index is 14.4. The van der Waals surface area contributed by atoms with Crippen molar-refractivity contribution in [3.8, 4) is 0 Å². The van der Waals surface area contributed by atoms with Gasteiger partial charge in [0.15, 0.2) is 0 Å². The summed E-state index contributed by atoms with van der Waals surface area (Å²) in [5.41, 5.74) is 1.54. The smallest absolute Gasteiger partial charge is 0.129 e. The van der Waals surface area contributed by atoms with Crippen molar-refractivity contribution in [3.05, 3.63) is 55.9 Å². The molecule has 2 aromatic rings. The van der Waals surface area contributed by atoms with Gasteiger partial charge in [0.25, 0.3) is 0 Å². The molecule has 1 aromatic heterocycles. The monoisotopic (exact) mass is 344 g/mol. The molecule has 0 spiro atoms. The van der Waals surface area contributed by atoms with Gasteiger partial charge in [-0.3, -0.25) is 4.90 Å². The molecule has 1 saturated heterocycles. The third-order valence-electron chi connectivity index (χ3n) is 3.73. The van der Waals surface area contributed by atoms with Crippen molar-refractivity contribution in [2.45, 2.75) is 6.04 Å². The first-order valence-electron chi connectivity index (χ1n) is 6.78. The molecule has 6 heteroatoms. The number of nitrogens with zero attached hydrogens (tertiary/aromatic N) is 1. The summed E-state index contributed by atoms with van der Waals surface area (Å²) in [5.74, 6) is -0.306. The van der Waals surface area contributed by atoms with E-state index in [9.17, 15) is 4.39 Å². The van der Waals surface area contributed by atoms with Crippen LogP contribution in [0.25, 0.3) is 0 Å². The van der Waals surface area contributed by atoms with Gasteiger partial charge in [-0.1, -0.05) is 23.2 Å². The quantitative estimate of drug-likeness (QED) is 0.840. The van der Waals surface area contributed by atoms with Crippen LogP contribution in [0, 0.1) is 5.82 Å². The summed E-state index contributed by atoms with van der Waals surface area (Å²) in [6, 6.07) is 4.73. The van der Waals surface area contributed by atoms with E-state index in [2.05, 4.69) is 10.2 Å². The van der Waals surface area contributed by atoms with Crippen LogP contribution < -0.4 is 5.32 Å². The second-order valence-corrected chi connectivity index (χ2v) is 6.57. The first-order valence-corrected chi connectivity index (χ1v) is 8.48. The second-order valence-electron chi connectivity index (χ2n) is 5.00. The predicted octanol–water partition coefficient (Wildman–Crippen LogP) is 4.19. The van der Waals surface area contributed by atoms with E-state index in [1.165, 1.54) is 12.1 Å². The molecule has 0 aliphatic carbocycles. The summed E-state index contributed by atoms with van der Waals surface area (Å²) in [7, 11) is 0. The summed E-state index contributed by atoms with van der Waals surface area (Å²) < 4.78 is 14.4. The van der Waals surface area contributed by atoms with Gasteiger partial charge in [0, 0.05) is 31.7 Å². The van der Waals surface area contributed by atoms with E-state index in [-0.39, 0.29) is 11.9 Å². The lowest BCUT2D eigenvalue weighted by Gasteiger charge is -2.35. The minimum absolute atomic E-state index is 0.190. The Bertz CT molecular complexity index is 612. The second kappa shape index (κ2) is 6.63. The third-order valence-corrected chi connectivity index (χ3v) is 5.25. The molecule has 3 rings (SSSR count). The Kier molecular flexibility index (Phi) is 4.82. The molecule has 2 heterocycles. The van der Waals surface area contributed by atoms with Crippen molar-refractivity contribution >= 4 is 34.5 Å². The molecule has 1 aliphatic heterocycles. The number of hydrogen-bond donors (Lipinski definition) is 1. The highest BCUT2D eigenvalue weighted by Gasteiger charge is 2.29. The minimum atomic E-state index is -0.306. The Balaban J connectivity index is 2.09. The summed E-state index contributed by atoms with van der Waals surface area (Å²) in [6.45, 7) is 3.48. The maximum Gasteiger partial charge on any atom is 0.129 e. The number of hydrogen-bond acceptors (Lipinski definition) is 3. The fourth-order valence-electron chi connectivity index (χ4n) is 2.72. The van der Waals surface area contributed by atoms with Crippen LogP contribution in [0.3, 0.4) is 0 Å². The number of benzene rings is 1. The Morgan fingerprint density at radius 1 is 1.19 bits per heavy atom. The van der Waals surface area contributed by atoms with Gasteiger partial charge in [0.2, 0.25) is 0 Å². The fourth-order valence-corrected chi connectivity index (χ4v) is 3.82. The van der Waals surface area contributed by atoms with Crippen molar-refractivity contribution in [2.24, 2.45) is 0 Å². The first kappa shape index (κ1) is 15.3. The van der Waals surface area contributed by atoms with E-state index < -0.39 is 0 Å². The molecule has 1 N–H and O–H groups in total. The summed E-state index contributed by atoms with van der Waals surface area (Å²) in [4.78, 5) is 2.25. The molecular weight excluding hydrogens is 330 g/mol. The van der Waals surface area contributed by atoms with Gasteiger partial charge in [-0.2, -0.15) is 11.3 Å². The molecule has 112 valence electrons. The normalized spacial score (nSPS) is 17.9. The highest BCUT2D eigenvalue weighted by atomic mass is 35.5. The van der Waals surface area contributed by atoms with E-state index in [1.54, 1.807) is 11.3 Å². The lowest BCUT2D eigenvalue weighted by molar-refractivity contribution is 0.196. The van der Waals surface area contributed by atoms with E-state index in [0.29, 0.717) is 15.6 Å². The topological polar surface area (TPSA) is 15.3 Å². The zero-order chi connectivity index (χ0) is 14.8. The highest BCUT2D eigenvalue weighted by molar-refractivity contribution is 7.08. The molecule has 0 saturated carbocycles. The van der Waals surface area contributed by atoms with Crippen LogP contribution in [-0.4, -0.2) is 31.1 Å². The summed E-state index contributed by atoms with van der Waals surface area (Å²) >= 11 is 14.0. The number of thiophene rings is 1. The van der Waals surface area contributed by atoms with Gasteiger partial charge in [-0.05, 0) is 34.5 Å². The Morgan fingerprint density at radius 2 is 1.95 bits per heavy atom. The molecule has 1 fully saturated rings. The van der Waals surface area contributed by atoms with E-state index in [1.807, 2.05) is 16.8 Å². The number of nitrogens with one attached hydrogen (secondary N) is 1. The molecule has 21 heavy (non-hydrogen) atoms. The lowest BCUT2D eigenvalue weighted by Crippen LogP contribution is -2.45. The predicted molar refractivity (Wildman–Crippen MR) is 87.0 cm³/mol. The average Bonchev–Trinajstić information content (AvgIpc) is 3.02. The summed E-state index contributed by atoms with van der Waals surface area (Å²) in [5, 5.41) is 8.06. The molecule has 0 bridgehead atoms. The van der Waals surface area contributed by atoms with Gasteiger partial charge in [-0.25, -0.2) is 4.39 Å². The lowest BCUT2D eigenvalue weighted by atomic mass is 9.98. The average molecular weight is 345 g/mol. The van der Waals surface area contributed by atoms with Gasteiger partial charge in [0.05, 0.1) is 16.1 Å². The summed E-state index contributed by atoms with van der Waals surface area (Å²) in [6.07, 6.45) is 0. The van der Waals surface area contributed by atoms with E-state index in [4.69, 9.17) is 23.2 Å². The zero-order valence-corrected chi connectivity index (χ0v) is 13.6. The number of piperazine rings is 1. The molecular formula is C15H15Cl2FN2S.